The van der Waals surface area contributed by atoms with Gasteiger partial charge in [-0.15, -0.1) is 0 Å². The van der Waals surface area contributed by atoms with Crippen LogP contribution in [0.2, 0.25) is 0 Å². The normalized spacial score (nSPS) is 10.0. The van der Waals surface area contributed by atoms with E-state index in [2.05, 4.69) is 17.1 Å². The Hall–Kier alpha value is -0.830. The Kier molecular flexibility index (Phi) is 1.85. The summed E-state index contributed by atoms with van der Waals surface area (Å²) in [6.07, 6.45) is 0.969. The average Bonchev–Trinajstić information content (AvgIpc) is 2.34. The van der Waals surface area contributed by atoms with Crippen molar-refractivity contribution in [3.8, 4) is 0 Å². The number of nitrogens with one attached hydrogen (secondary N) is 1. The highest BCUT2D eigenvalue weighted by atomic mass is 15.1. The summed E-state index contributed by atoms with van der Waals surface area (Å²) in [4.78, 5) is 0. The van der Waals surface area contributed by atoms with Crippen molar-refractivity contribution in [1.82, 2.24) is 10.2 Å². The van der Waals surface area contributed by atoms with Gasteiger partial charge in [0.05, 0.1) is 5.69 Å². The van der Waals surface area contributed by atoms with Crippen LogP contribution in [0.25, 0.3) is 0 Å². The Bertz CT molecular complexity index is 162. The summed E-state index contributed by atoms with van der Waals surface area (Å²) in [6, 6.07) is 1.99. The molecule has 1 aromatic heterocycles. The van der Waals surface area contributed by atoms with Gasteiger partial charge in [0.25, 0.3) is 0 Å². The molecule has 0 saturated carbocycles. The first-order valence-corrected chi connectivity index (χ1v) is 3.10. The molecular weight excluding hydrogens is 114 g/mol. The molecule has 0 spiro atoms. The first-order valence-electron chi connectivity index (χ1n) is 3.10. The minimum Gasteiger partial charge on any atom is -0.325 e. The Morgan fingerprint density at radius 1 is 1.78 bits per heavy atom. The van der Waals surface area contributed by atoms with Gasteiger partial charge in [0, 0.05) is 12.2 Å². The van der Waals surface area contributed by atoms with Gasteiger partial charge in [0.2, 0.25) is 0 Å². The van der Waals surface area contributed by atoms with E-state index >= 15 is 0 Å². The zero-order valence-electron chi connectivity index (χ0n) is 5.52. The molecule has 0 radical (unpaired) electrons. The molecule has 3 nitrogen and oxygen atoms in total. The summed E-state index contributed by atoms with van der Waals surface area (Å²) in [6.45, 7) is 2.61. The third-order valence-corrected chi connectivity index (χ3v) is 1.27. The van der Waals surface area contributed by atoms with Gasteiger partial charge >= 0.3 is 0 Å². The van der Waals surface area contributed by atoms with Gasteiger partial charge in [-0.2, -0.15) is 5.10 Å². The Labute approximate surface area is 54.3 Å². The van der Waals surface area contributed by atoms with Crippen LogP contribution < -0.4 is 5.73 Å². The van der Waals surface area contributed by atoms with E-state index in [1.165, 1.54) is 0 Å². The number of nitrogens with zero attached hydrogens (tertiary/aromatic N) is 1. The lowest BCUT2D eigenvalue weighted by Crippen LogP contribution is -1.95. The molecule has 3 N–H and O–H groups in total. The van der Waals surface area contributed by atoms with Gasteiger partial charge in [-0.05, 0) is 12.5 Å². The largest absolute Gasteiger partial charge is 0.325 e. The number of aromatic amines is 1. The number of hydrogen-bond donors (Lipinski definition) is 2. The van der Waals surface area contributed by atoms with Crippen LogP contribution in [0.3, 0.4) is 0 Å². The van der Waals surface area contributed by atoms with Crippen LogP contribution in [-0.4, -0.2) is 10.2 Å². The Morgan fingerprint density at radius 2 is 2.56 bits per heavy atom. The van der Waals surface area contributed by atoms with Crippen LogP contribution in [0.4, 0.5) is 0 Å². The number of nitrogens with two attached hydrogens (primary N) is 1. The maximum Gasteiger partial charge on any atom is 0.0622 e. The van der Waals surface area contributed by atoms with Crippen molar-refractivity contribution in [3.63, 3.8) is 0 Å². The predicted molar refractivity (Wildman–Crippen MR) is 35.9 cm³/mol. The van der Waals surface area contributed by atoms with E-state index < -0.39 is 0 Å². The molecule has 0 atom stereocenters. The number of H-pyrrole nitrogens is 1. The summed E-state index contributed by atoms with van der Waals surface area (Å²) in [5.74, 6) is 0. The van der Waals surface area contributed by atoms with Crippen LogP contribution in [0.1, 0.15) is 18.3 Å². The van der Waals surface area contributed by atoms with Crippen LogP contribution in [0.5, 0.6) is 0 Å². The molecule has 0 aliphatic rings. The number of aromatic nitrogens is 2. The Balaban J connectivity index is 2.74. The molecule has 0 bridgehead atoms. The molecule has 0 aliphatic carbocycles. The fourth-order valence-electron chi connectivity index (χ4n) is 0.695. The highest BCUT2D eigenvalue weighted by Crippen LogP contribution is 1.97. The predicted octanol–water partition coefficient (Wildman–Crippen LogP) is 0.431. The molecule has 9 heavy (non-hydrogen) atoms. The Morgan fingerprint density at radius 3 is 2.89 bits per heavy atom. The van der Waals surface area contributed by atoms with E-state index in [1.807, 2.05) is 6.07 Å². The van der Waals surface area contributed by atoms with Crippen LogP contribution in [0, 0.1) is 0 Å². The van der Waals surface area contributed by atoms with Gasteiger partial charge in [-0.1, -0.05) is 6.92 Å². The van der Waals surface area contributed by atoms with Gasteiger partial charge in [0.15, 0.2) is 0 Å². The smallest absolute Gasteiger partial charge is 0.0622 e. The molecule has 0 fully saturated rings. The number of rotatable bonds is 2. The summed E-state index contributed by atoms with van der Waals surface area (Å²) in [5, 5.41) is 6.83. The molecule has 0 amide bonds. The summed E-state index contributed by atoms with van der Waals surface area (Å²) < 4.78 is 0. The van der Waals surface area contributed by atoms with E-state index in [1.54, 1.807) is 0 Å². The minimum atomic E-state index is 0.549. The van der Waals surface area contributed by atoms with Gasteiger partial charge < -0.3 is 5.73 Å². The topological polar surface area (TPSA) is 54.7 Å². The quantitative estimate of drug-likeness (QED) is 0.602. The fraction of sp³-hybridized carbons (Fsp3) is 0.500. The first-order chi connectivity index (χ1) is 4.36. The molecule has 1 aromatic rings. The van der Waals surface area contributed by atoms with Crippen LogP contribution in [-0.2, 0) is 13.0 Å². The van der Waals surface area contributed by atoms with E-state index in [0.29, 0.717) is 6.54 Å². The summed E-state index contributed by atoms with van der Waals surface area (Å²) >= 11 is 0. The van der Waals surface area contributed by atoms with Crippen LogP contribution in [0.15, 0.2) is 6.07 Å². The highest BCUT2D eigenvalue weighted by Gasteiger charge is 1.93. The molecule has 0 unspecified atom stereocenters. The maximum atomic E-state index is 5.35. The molecule has 50 valence electrons. The second-order valence-electron chi connectivity index (χ2n) is 1.94. The monoisotopic (exact) mass is 125 g/mol. The molecule has 1 rings (SSSR count). The zero-order chi connectivity index (χ0) is 6.69. The number of hydrogen-bond acceptors (Lipinski definition) is 2. The van der Waals surface area contributed by atoms with E-state index in [-0.39, 0.29) is 0 Å². The standard InChI is InChI=1S/C6H11N3/c1-2-5-3-6(4-7)9-8-5/h3H,2,4,7H2,1H3,(H,8,9). The van der Waals surface area contributed by atoms with Crippen molar-refractivity contribution in [2.45, 2.75) is 19.9 Å². The fourth-order valence-corrected chi connectivity index (χ4v) is 0.695. The van der Waals surface area contributed by atoms with Gasteiger partial charge in [-0.25, -0.2) is 0 Å². The van der Waals surface area contributed by atoms with E-state index in [0.717, 1.165) is 17.8 Å². The second-order valence-corrected chi connectivity index (χ2v) is 1.94. The van der Waals surface area contributed by atoms with Crippen molar-refractivity contribution < 1.29 is 0 Å². The highest BCUT2D eigenvalue weighted by molar-refractivity contribution is 5.07. The number of aryl methyl sites for hydroxylation is 1. The van der Waals surface area contributed by atoms with Gasteiger partial charge in [-0.3, -0.25) is 5.10 Å². The van der Waals surface area contributed by atoms with Crippen LogP contribution >= 0.6 is 0 Å². The molecular formula is C6H11N3. The van der Waals surface area contributed by atoms with Crippen molar-refractivity contribution in [2.24, 2.45) is 5.73 Å². The SMILES string of the molecule is CCc1cc(CN)[nH]n1. The zero-order valence-corrected chi connectivity index (χ0v) is 5.52. The van der Waals surface area contributed by atoms with Crippen molar-refractivity contribution in [2.75, 3.05) is 0 Å². The lowest BCUT2D eigenvalue weighted by atomic mass is 10.3. The minimum absolute atomic E-state index is 0.549. The molecule has 1 heterocycles. The molecule has 3 heteroatoms. The van der Waals surface area contributed by atoms with Gasteiger partial charge in [0.1, 0.15) is 0 Å². The lowest BCUT2D eigenvalue weighted by Gasteiger charge is -1.81. The third kappa shape index (κ3) is 1.29. The van der Waals surface area contributed by atoms with Crippen molar-refractivity contribution >= 4 is 0 Å². The van der Waals surface area contributed by atoms with E-state index in [4.69, 9.17) is 5.73 Å². The summed E-state index contributed by atoms with van der Waals surface area (Å²) in [7, 11) is 0. The first kappa shape index (κ1) is 6.29. The van der Waals surface area contributed by atoms with Crippen molar-refractivity contribution in [3.05, 3.63) is 17.5 Å². The lowest BCUT2D eigenvalue weighted by molar-refractivity contribution is 0.922. The molecule has 0 saturated heterocycles. The summed E-state index contributed by atoms with van der Waals surface area (Å²) in [5.41, 5.74) is 7.43. The third-order valence-electron chi connectivity index (χ3n) is 1.27. The maximum absolute atomic E-state index is 5.35. The molecule has 0 aromatic carbocycles. The van der Waals surface area contributed by atoms with E-state index in [9.17, 15) is 0 Å². The van der Waals surface area contributed by atoms with Crippen molar-refractivity contribution in [1.29, 1.82) is 0 Å². The molecule has 0 aliphatic heterocycles. The second kappa shape index (κ2) is 2.64. The average molecular weight is 125 g/mol.